The van der Waals surface area contributed by atoms with Crippen LogP contribution in [0.5, 0.6) is 0 Å². The number of anilines is 1. The highest BCUT2D eigenvalue weighted by Gasteiger charge is 2.17. The lowest BCUT2D eigenvalue weighted by molar-refractivity contribution is 0.0601. The molecule has 0 aliphatic rings. The van der Waals surface area contributed by atoms with Gasteiger partial charge in [-0.25, -0.2) is 4.79 Å². The van der Waals surface area contributed by atoms with Gasteiger partial charge in [0.15, 0.2) is 0 Å². The number of ether oxygens (including phenoxy) is 1. The van der Waals surface area contributed by atoms with Crippen LogP contribution in [0.15, 0.2) is 0 Å². The number of carbonyl (C=O) groups excluding carboxylic acids is 1. The van der Waals surface area contributed by atoms with Gasteiger partial charge >= 0.3 is 5.97 Å². The van der Waals surface area contributed by atoms with Gasteiger partial charge in [-0.15, -0.1) is 0 Å². The fraction of sp³-hybridized carbons (Fsp3) is 0.429. The number of hydrogen-bond acceptors (Lipinski definition) is 5. The monoisotopic (exact) mass is 186 g/mol. The van der Waals surface area contributed by atoms with Crippen LogP contribution in [0.2, 0.25) is 0 Å². The molecule has 0 fully saturated rings. The predicted molar refractivity (Wildman–Crippen MR) is 47.7 cm³/mol. The Balaban J connectivity index is 3.10. The Labute approximate surface area is 74.7 Å². The molecule has 4 nitrogen and oxygen atoms in total. The highest BCUT2D eigenvalue weighted by molar-refractivity contribution is 7.10. The summed E-state index contributed by atoms with van der Waals surface area (Å²) in [7, 11) is 3.11. The smallest absolute Gasteiger partial charge is 0.342 e. The molecule has 1 aromatic rings. The molecule has 0 atom stereocenters. The summed E-state index contributed by atoms with van der Waals surface area (Å²) in [6.07, 6.45) is 0. The van der Waals surface area contributed by atoms with E-state index in [0.717, 1.165) is 5.00 Å². The van der Waals surface area contributed by atoms with Crippen molar-refractivity contribution < 1.29 is 9.53 Å². The third-order valence-corrected chi connectivity index (χ3v) is 2.44. The minimum Gasteiger partial charge on any atom is -0.465 e. The topological polar surface area (TPSA) is 51.2 Å². The zero-order chi connectivity index (χ0) is 9.14. The van der Waals surface area contributed by atoms with Crippen molar-refractivity contribution in [3.05, 3.63) is 11.3 Å². The van der Waals surface area contributed by atoms with Crippen molar-refractivity contribution in [1.29, 1.82) is 0 Å². The molecule has 1 rings (SSSR count). The molecule has 0 amide bonds. The number of carbonyl (C=O) groups is 1. The first-order valence-corrected chi connectivity index (χ1v) is 4.20. The van der Waals surface area contributed by atoms with E-state index in [2.05, 4.69) is 14.4 Å². The second-order valence-electron chi connectivity index (χ2n) is 2.21. The van der Waals surface area contributed by atoms with E-state index in [1.165, 1.54) is 18.6 Å². The van der Waals surface area contributed by atoms with Crippen molar-refractivity contribution in [1.82, 2.24) is 4.37 Å². The SMILES string of the molecule is CNc1snc(C)c1C(=O)OC. The number of esters is 1. The Morgan fingerprint density at radius 3 is 2.83 bits per heavy atom. The Bertz CT molecular complexity index is 296. The number of aromatic nitrogens is 1. The number of nitrogens with one attached hydrogen (secondary N) is 1. The van der Waals surface area contributed by atoms with E-state index in [0.29, 0.717) is 11.3 Å². The molecule has 66 valence electrons. The van der Waals surface area contributed by atoms with E-state index in [1.54, 1.807) is 14.0 Å². The van der Waals surface area contributed by atoms with Crippen molar-refractivity contribution in [2.75, 3.05) is 19.5 Å². The van der Waals surface area contributed by atoms with Crippen LogP contribution >= 0.6 is 11.5 Å². The van der Waals surface area contributed by atoms with E-state index >= 15 is 0 Å². The summed E-state index contributed by atoms with van der Waals surface area (Å²) in [5, 5.41) is 3.64. The number of nitrogens with zero attached hydrogens (tertiary/aromatic N) is 1. The maximum absolute atomic E-state index is 11.2. The van der Waals surface area contributed by atoms with E-state index in [9.17, 15) is 4.79 Å². The van der Waals surface area contributed by atoms with Gasteiger partial charge in [-0.05, 0) is 18.5 Å². The molecule has 0 aromatic carbocycles. The Kier molecular flexibility index (Phi) is 2.65. The average Bonchev–Trinajstić information content (AvgIpc) is 2.45. The lowest BCUT2D eigenvalue weighted by Gasteiger charge is -1.99. The lowest BCUT2D eigenvalue weighted by Crippen LogP contribution is -2.04. The molecule has 12 heavy (non-hydrogen) atoms. The van der Waals surface area contributed by atoms with Crippen LogP contribution in [-0.2, 0) is 4.74 Å². The summed E-state index contributed by atoms with van der Waals surface area (Å²) in [5.74, 6) is -0.342. The van der Waals surface area contributed by atoms with Crippen LogP contribution < -0.4 is 5.32 Å². The zero-order valence-electron chi connectivity index (χ0n) is 7.17. The van der Waals surface area contributed by atoms with E-state index in [-0.39, 0.29) is 5.97 Å². The number of aryl methyl sites for hydroxylation is 1. The minimum atomic E-state index is -0.342. The van der Waals surface area contributed by atoms with Crippen molar-refractivity contribution >= 4 is 22.5 Å². The van der Waals surface area contributed by atoms with Gasteiger partial charge in [-0.2, -0.15) is 4.37 Å². The number of methoxy groups -OCH3 is 1. The van der Waals surface area contributed by atoms with Gasteiger partial charge in [0.25, 0.3) is 0 Å². The summed E-state index contributed by atoms with van der Waals surface area (Å²) in [6, 6.07) is 0. The van der Waals surface area contributed by atoms with Gasteiger partial charge in [0.1, 0.15) is 10.6 Å². The normalized spacial score (nSPS) is 9.58. The van der Waals surface area contributed by atoms with Gasteiger partial charge in [0, 0.05) is 7.05 Å². The summed E-state index contributed by atoms with van der Waals surface area (Å²) < 4.78 is 8.64. The molecule has 0 bridgehead atoms. The van der Waals surface area contributed by atoms with Crippen LogP contribution in [0.4, 0.5) is 5.00 Å². The molecule has 5 heteroatoms. The van der Waals surface area contributed by atoms with Gasteiger partial charge in [0.05, 0.1) is 12.8 Å². The van der Waals surface area contributed by atoms with Gasteiger partial charge in [0.2, 0.25) is 0 Å². The van der Waals surface area contributed by atoms with Crippen LogP contribution in [0.3, 0.4) is 0 Å². The molecule has 0 radical (unpaired) electrons. The molecule has 0 spiro atoms. The summed E-state index contributed by atoms with van der Waals surface area (Å²) in [6.45, 7) is 1.78. The second kappa shape index (κ2) is 3.53. The fourth-order valence-corrected chi connectivity index (χ4v) is 1.62. The van der Waals surface area contributed by atoms with Crippen LogP contribution in [0.1, 0.15) is 16.1 Å². The molecule has 0 saturated heterocycles. The van der Waals surface area contributed by atoms with Crippen LogP contribution in [0.25, 0.3) is 0 Å². The zero-order valence-corrected chi connectivity index (χ0v) is 7.99. The summed E-state index contributed by atoms with van der Waals surface area (Å²) >= 11 is 1.26. The molecule has 0 aliphatic carbocycles. The summed E-state index contributed by atoms with van der Waals surface area (Å²) in [4.78, 5) is 11.2. The minimum absolute atomic E-state index is 0.342. The number of hydrogen-bond donors (Lipinski definition) is 1. The first-order valence-electron chi connectivity index (χ1n) is 3.43. The quantitative estimate of drug-likeness (QED) is 0.707. The first kappa shape index (κ1) is 8.99. The maximum Gasteiger partial charge on any atom is 0.342 e. The fourth-order valence-electron chi connectivity index (χ4n) is 0.883. The van der Waals surface area contributed by atoms with E-state index < -0.39 is 0 Å². The molecule has 1 heterocycles. The lowest BCUT2D eigenvalue weighted by atomic mass is 10.2. The van der Waals surface area contributed by atoms with E-state index in [1.807, 2.05) is 0 Å². The maximum atomic E-state index is 11.2. The Morgan fingerprint density at radius 2 is 2.33 bits per heavy atom. The molecular weight excluding hydrogens is 176 g/mol. The van der Waals surface area contributed by atoms with Crippen molar-refractivity contribution in [2.45, 2.75) is 6.92 Å². The van der Waals surface area contributed by atoms with Crippen LogP contribution in [-0.4, -0.2) is 24.5 Å². The standard InChI is InChI=1S/C7H10N2O2S/c1-4-5(7(10)11-3)6(8-2)12-9-4/h8H,1-3H3. The number of rotatable bonds is 2. The Hall–Kier alpha value is -1.10. The van der Waals surface area contributed by atoms with Crippen molar-refractivity contribution in [3.63, 3.8) is 0 Å². The molecule has 1 N–H and O–H groups in total. The molecule has 0 unspecified atom stereocenters. The Morgan fingerprint density at radius 1 is 1.67 bits per heavy atom. The van der Waals surface area contributed by atoms with Crippen molar-refractivity contribution in [2.24, 2.45) is 0 Å². The average molecular weight is 186 g/mol. The predicted octanol–water partition coefficient (Wildman–Crippen LogP) is 1.28. The highest BCUT2D eigenvalue weighted by Crippen LogP contribution is 2.24. The third-order valence-electron chi connectivity index (χ3n) is 1.48. The van der Waals surface area contributed by atoms with Crippen molar-refractivity contribution in [3.8, 4) is 0 Å². The third kappa shape index (κ3) is 1.40. The second-order valence-corrected chi connectivity index (χ2v) is 2.99. The molecule has 0 aliphatic heterocycles. The molecular formula is C7H10N2O2S. The van der Waals surface area contributed by atoms with Gasteiger partial charge in [-0.1, -0.05) is 0 Å². The highest BCUT2D eigenvalue weighted by atomic mass is 32.1. The van der Waals surface area contributed by atoms with E-state index in [4.69, 9.17) is 0 Å². The molecule has 1 aromatic heterocycles. The van der Waals surface area contributed by atoms with Gasteiger partial charge < -0.3 is 10.1 Å². The summed E-state index contributed by atoms with van der Waals surface area (Å²) in [5.41, 5.74) is 1.24. The van der Waals surface area contributed by atoms with Crippen LogP contribution in [0, 0.1) is 6.92 Å². The molecule has 0 saturated carbocycles. The first-order chi connectivity index (χ1) is 5.70. The largest absolute Gasteiger partial charge is 0.465 e. The van der Waals surface area contributed by atoms with Gasteiger partial charge in [-0.3, -0.25) is 0 Å².